The van der Waals surface area contributed by atoms with Gasteiger partial charge in [0.25, 0.3) is 0 Å². The molecule has 0 aliphatic carbocycles. The van der Waals surface area contributed by atoms with E-state index in [9.17, 15) is 24.6 Å². The molecular weight excluding hydrogens is 408 g/mol. The Bertz CT molecular complexity index is 945. The molecule has 2 saturated heterocycles. The molecule has 4 bridgehead atoms. The molecule has 3 aliphatic heterocycles. The van der Waals surface area contributed by atoms with Crippen molar-refractivity contribution in [3.63, 3.8) is 0 Å². The molecule has 0 radical (unpaired) electrons. The first-order valence-electron chi connectivity index (χ1n) is 10.2. The van der Waals surface area contributed by atoms with Crippen LogP contribution in [-0.4, -0.2) is 58.0 Å². The number of epoxide rings is 1. The van der Waals surface area contributed by atoms with Crippen LogP contribution in [0.5, 0.6) is 0 Å². The maximum Gasteiger partial charge on any atom is 0.345 e. The lowest BCUT2D eigenvalue weighted by molar-refractivity contribution is -0.169. The van der Waals surface area contributed by atoms with E-state index in [0.29, 0.717) is 12.0 Å². The molecule has 7 atom stereocenters. The van der Waals surface area contributed by atoms with Crippen molar-refractivity contribution in [1.29, 1.82) is 0 Å². The first-order chi connectivity index (χ1) is 14.5. The second-order valence-corrected chi connectivity index (χ2v) is 8.97. The maximum atomic E-state index is 12.8. The van der Waals surface area contributed by atoms with Crippen molar-refractivity contribution in [3.05, 3.63) is 35.3 Å². The summed E-state index contributed by atoms with van der Waals surface area (Å²) >= 11 is 0. The Morgan fingerprint density at radius 1 is 1.39 bits per heavy atom. The normalized spacial score (nSPS) is 39.3. The van der Waals surface area contributed by atoms with Gasteiger partial charge in [0.15, 0.2) is 6.29 Å². The van der Waals surface area contributed by atoms with Gasteiger partial charge >= 0.3 is 11.9 Å². The van der Waals surface area contributed by atoms with Gasteiger partial charge < -0.3 is 28.8 Å². The molecule has 1 aromatic rings. The molecule has 168 valence electrons. The molecule has 0 aromatic carbocycles. The molecule has 9 heteroatoms. The molecule has 0 unspecified atom stereocenters. The number of fused-ring (bicyclic) bond motifs is 2. The molecule has 0 amide bonds. The van der Waals surface area contributed by atoms with Gasteiger partial charge in [-0.05, 0) is 32.3 Å². The fourth-order valence-electron chi connectivity index (χ4n) is 4.66. The van der Waals surface area contributed by atoms with E-state index < -0.39 is 47.6 Å². The minimum Gasteiger partial charge on any atom is -0.462 e. The van der Waals surface area contributed by atoms with Gasteiger partial charge in [-0.1, -0.05) is 12.2 Å². The number of ether oxygens (including phenoxy) is 3. The summed E-state index contributed by atoms with van der Waals surface area (Å²) in [5.41, 5.74) is -2.24. The van der Waals surface area contributed by atoms with Crippen LogP contribution in [0.1, 0.15) is 61.6 Å². The highest BCUT2D eigenvalue weighted by Crippen LogP contribution is 2.54. The van der Waals surface area contributed by atoms with Crippen molar-refractivity contribution in [1.82, 2.24) is 0 Å². The zero-order valence-electron chi connectivity index (χ0n) is 17.6. The quantitative estimate of drug-likeness (QED) is 0.313. The molecular formula is C22H26O9. The average molecular weight is 434 g/mol. The van der Waals surface area contributed by atoms with Crippen LogP contribution in [-0.2, 0) is 30.2 Å². The first-order valence-corrected chi connectivity index (χ1v) is 10.2. The number of furan rings is 1. The molecule has 9 nitrogen and oxygen atoms in total. The van der Waals surface area contributed by atoms with E-state index in [1.807, 2.05) is 0 Å². The minimum atomic E-state index is -1.75. The number of esters is 2. The summed E-state index contributed by atoms with van der Waals surface area (Å²) < 4.78 is 22.5. The highest BCUT2D eigenvalue weighted by Gasteiger charge is 2.78. The van der Waals surface area contributed by atoms with Crippen molar-refractivity contribution in [2.45, 2.75) is 75.7 Å². The molecule has 0 saturated carbocycles. The van der Waals surface area contributed by atoms with E-state index in [0.717, 1.165) is 5.57 Å². The van der Waals surface area contributed by atoms with E-state index in [4.69, 9.17) is 18.6 Å². The number of rotatable bonds is 3. The summed E-state index contributed by atoms with van der Waals surface area (Å²) in [5, 5.41) is 21.7. The molecule has 31 heavy (non-hydrogen) atoms. The molecule has 2 fully saturated rings. The Morgan fingerprint density at radius 3 is 2.68 bits per heavy atom. The fourth-order valence-corrected chi connectivity index (χ4v) is 4.66. The third-order valence-corrected chi connectivity index (χ3v) is 6.48. The largest absolute Gasteiger partial charge is 0.462 e. The number of aliphatic hydroxyl groups is 2. The predicted molar refractivity (Wildman–Crippen MR) is 104 cm³/mol. The van der Waals surface area contributed by atoms with E-state index in [1.54, 1.807) is 6.92 Å². The van der Waals surface area contributed by atoms with Crippen molar-refractivity contribution in [2.24, 2.45) is 5.92 Å². The third-order valence-electron chi connectivity index (χ3n) is 6.48. The van der Waals surface area contributed by atoms with Crippen LogP contribution in [0, 0.1) is 5.92 Å². The summed E-state index contributed by atoms with van der Waals surface area (Å²) in [4.78, 5) is 36.2. The molecule has 4 rings (SSSR count). The molecule has 0 spiro atoms. The number of aliphatic hydroxyl groups excluding tert-OH is 1. The Labute approximate surface area is 179 Å². The fraction of sp³-hybridized carbons (Fsp3) is 0.591. The van der Waals surface area contributed by atoms with Crippen LogP contribution < -0.4 is 0 Å². The molecule has 1 aromatic heterocycles. The molecule has 4 heterocycles. The second-order valence-electron chi connectivity index (χ2n) is 8.97. The smallest absolute Gasteiger partial charge is 0.345 e. The van der Waals surface area contributed by atoms with Crippen molar-refractivity contribution < 1.29 is 43.2 Å². The van der Waals surface area contributed by atoms with E-state index >= 15 is 0 Å². The SMILES string of the molecule is C=C(C)[C@H]1Cc2oc(cc2C=O)[C@H](O)[C@@](C)(O)C[C@@H]2OC(=O)[C@]3(O[C@@H]23)[C@H](OC(C)=O)C1. The lowest BCUT2D eigenvalue weighted by Crippen LogP contribution is -2.42. The predicted octanol–water partition coefficient (Wildman–Crippen LogP) is 1.40. The molecule has 2 N–H and O–H groups in total. The monoisotopic (exact) mass is 434 g/mol. The van der Waals surface area contributed by atoms with Crippen LogP contribution in [0.4, 0.5) is 0 Å². The van der Waals surface area contributed by atoms with Crippen molar-refractivity contribution >= 4 is 18.2 Å². The van der Waals surface area contributed by atoms with E-state index in [2.05, 4.69) is 6.58 Å². The van der Waals surface area contributed by atoms with Crippen LogP contribution in [0.25, 0.3) is 0 Å². The van der Waals surface area contributed by atoms with Crippen LogP contribution in [0.2, 0.25) is 0 Å². The van der Waals surface area contributed by atoms with Crippen molar-refractivity contribution in [2.75, 3.05) is 0 Å². The topological polar surface area (TPSA) is 136 Å². The maximum absolute atomic E-state index is 12.8. The lowest BCUT2D eigenvalue weighted by atomic mass is 9.83. The van der Waals surface area contributed by atoms with Crippen LogP contribution in [0.15, 0.2) is 22.6 Å². The van der Waals surface area contributed by atoms with E-state index in [1.165, 1.54) is 19.9 Å². The zero-order chi connectivity index (χ0) is 22.7. The number of hydrogen-bond acceptors (Lipinski definition) is 9. The third kappa shape index (κ3) is 3.50. The van der Waals surface area contributed by atoms with E-state index in [-0.39, 0.29) is 36.5 Å². The standard InChI is InChI=1S/C22H26O9/c1-10(2)12-5-14-13(9-23)6-15(29-14)18(25)21(4,27)8-16-19-22(31-19,20(26)30-16)17(7-12)28-11(3)24/h6,9,12,16-19,25,27H,1,5,7-8H2,2-4H3/t12-,16-,17+,18-,19-,21-,22-/m0/s1. The average Bonchev–Trinajstić information content (AvgIpc) is 3.22. The summed E-state index contributed by atoms with van der Waals surface area (Å²) in [6.45, 7) is 8.41. The Kier molecular flexibility index (Phi) is 5.11. The lowest BCUT2D eigenvalue weighted by Gasteiger charge is -2.30. The van der Waals surface area contributed by atoms with Crippen LogP contribution >= 0.6 is 0 Å². The Balaban J connectivity index is 1.80. The van der Waals surface area contributed by atoms with Gasteiger partial charge in [0.2, 0.25) is 5.60 Å². The minimum absolute atomic E-state index is 0.0330. The Hall–Kier alpha value is -2.49. The number of hydrogen-bond donors (Lipinski definition) is 2. The summed E-state index contributed by atoms with van der Waals surface area (Å²) in [6, 6.07) is 1.39. The number of aldehydes is 1. The van der Waals surface area contributed by atoms with Gasteiger partial charge in [0, 0.05) is 19.8 Å². The number of allylic oxidation sites excluding steroid dienone is 1. The summed E-state index contributed by atoms with van der Waals surface area (Å²) in [7, 11) is 0. The zero-order valence-corrected chi connectivity index (χ0v) is 17.6. The van der Waals surface area contributed by atoms with Gasteiger partial charge in [0.05, 0.1) is 11.2 Å². The van der Waals surface area contributed by atoms with Crippen LogP contribution in [0.3, 0.4) is 0 Å². The molecule has 3 aliphatic rings. The Morgan fingerprint density at radius 2 is 2.10 bits per heavy atom. The number of carbonyl (C=O) groups is 3. The second kappa shape index (κ2) is 7.29. The first kappa shape index (κ1) is 21.7. The summed E-state index contributed by atoms with van der Waals surface area (Å²) in [5.74, 6) is -1.22. The van der Waals surface area contributed by atoms with Gasteiger partial charge in [0.1, 0.15) is 35.9 Å². The van der Waals surface area contributed by atoms with Gasteiger partial charge in [-0.15, -0.1) is 0 Å². The highest BCUT2D eigenvalue weighted by atomic mass is 16.7. The summed E-state index contributed by atoms with van der Waals surface area (Å²) in [6.07, 6.45) is -3.10. The number of carbonyl (C=O) groups excluding carboxylic acids is 3. The highest BCUT2D eigenvalue weighted by molar-refractivity contribution is 5.88. The van der Waals surface area contributed by atoms with Gasteiger partial charge in [-0.3, -0.25) is 9.59 Å². The van der Waals surface area contributed by atoms with Gasteiger partial charge in [-0.25, -0.2) is 4.79 Å². The van der Waals surface area contributed by atoms with Gasteiger partial charge in [-0.2, -0.15) is 0 Å². The van der Waals surface area contributed by atoms with Crippen molar-refractivity contribution in [3.8, 4) is 0 Å².